The number of benzene rings is 8. The Morgan fingerprint density at radius 2 is 1.06 bits per heavy atom. The number of aryl methyl sites for hydroxylation is 1. The fourth-order valence-corrected chi connectivity index (χ4v) is 9.03. The van der Waals surface area contributed by atoms with Crippen LogP contribution in [-0.2, 0) is 6.42 Å². The van der Waals surface area contributed by atoms with Crippen LogP contribution in [0, 0.1) is 0 Å². The molecule has 0 amide bonds. The molecule has 0 unspecified atom stereocenters. The number of para-hydroxylation sites is 3. The molecule has 0 aliphatic rings. The SMILES string of the molecule is C=C(C)/C=C\C.C=Cc1c(CCC)cccc1-c1ccccc1-n1c2ccccc2c2cc(-c3ccc4c5ccccc5n(-c5ccc(-c6ccccc6)cc5)c4c3)ccc21.CC. The summed E-state index contributed by atoms with van der Waals surface area (Å²) in [5.74, 6) is 0. The highest BCUT2D eigenvalue weighted by Crippen LogP contribution is 2.41. The monoisotopic (exact) mass is 816 g/mol. The fraction of sp³-hybridized carbons (Fsp3) is 0.115. The van der Waals surface area contributed by atoms with Crippen LogP contribution in [0.5, 0.6) is 0 Å². The van der Waals surface area contributed by atoms with Crippen LogP contribution in [0.2, 0.25) is 0 Å². The number of fused-ring (bicyclic) bond motifs is 6. The Hall–Kier alpha value is -7.42. The van der Waals surface area contributed by atoms with Crippen molar-refractivity contribution in [2.75, 3.05) is 0 Å². The van der Waals surface area contributed by atoms with Crippen molar-refractivity contribution in [2.45, 2.75) is 47.5 Å². The molecular weight excluding hydrogens is 761 g/mol. The predicted octanol–water partition coefficient (Wildman–Crippen LogP) is 17.6. The molecule has 10 rings (SSSR count). The van der Waals surface area contributed by atoms with Crippen molar-refractivity contribution in [2.24, 2.45) is 0 Å². The molecule has 0 radical (unpaired) electrons. The molecule has 0 aliphatic heterocycles. The van der Waals surface area contributed by atoms with E-state index in [0.29, 0.717) is 0 Å². The molecule has 2 heteroatoms. The number of aromatic nitrogens is 2. The summed E-state index contributed by atoms with van der Waals surface area (Å²) >= 11 is 0. The molecular formula is C61H56N2. The van der Waals surface area contributed by atoms with Crippen molar-refractivity contribution in [3.8, 4) is 44.8 Å². The van der Waals surface area contributed by atoms with Gasteiger partial charge in [0.05, 0.1) is 27.8 Å². The zero-order valence-corrected chi connectivity index (χ0v) is 37.3. The van der Waals surface area contributed by atoms with E-state index in [1.54, 1.807) is 0 Å². The van der Waals surface area contributed by atoms with Gasteiger partial charge in [0.25, 0.3) is 0 Å². The van der Waals surface area contributed by atoms with Crippen molar-refractivity contribution < 1.29 is 0 Å². The minimum atomic E-state index is 1.03. The number of rotatable bonds is 9. The number of allylic oxidation sites excluding steroid dienone is 3. The van der Waals surface area contributed by atoms with Crippen LogP contribution in [0.15, 0.2) is 213 Å². The first kappa shape index (κ1) is 42.3. The van der Waals surface area contributed by atoms with Crippen LogP contribution in [0.3, 0.4) is 0 Å². The topological polar surface area (TPSA) is 9.86 Å². The molecule has 0 bridgehead atoms. The highest BCUT2D eigenvalue weighted by atomic mass is 15.0. The molecule has 63 heavy (non-hydrogen) atoms. The Kier molecular flexibility index (Phi) is 12.8. The van der Waals surface area contributed by atoms with Gasteiger partial charge in [0.2, 0.25) is 0 Å². The molecule has 0 aliphatic carbocycles. The van der Waals surface area contributed by atoms with E-state index in [4.69, 9.17) is 0 Å². The summed E-state index contributed by atoms with van der Waals surface area (Å²) in [7, 11) is 0. The van der Waals surface area contributed by atoms with Gasteiger partial charge >= 0.3 is 0 Å². The van der Waals surface area contributed by atoms with E-state index in [9.17, 15) is 0 Å². The number of hydrogen-bond acceptors (Lipinski definition) is 0. The summed E-state index contributed by atoms with van der Waals surface area (Å²) < 4.78 is 4.86. The van der Waals surface area contributed by atoms with Gasteiger partial charge < -0.3 is 9.13 Å². The standard InChI is InChI=1S/C53H40N2.C6H10.C2H6/c1-3-15-38-18-14-22-43(42(38)4-2)44-19-8-12-24-50(44)55-51-25-13-10-21-46(51)48-34-39(29-33-52(48)55)40-28-32-47-45-20-9-11-23-49(45)54(53(47)35-40)41-30-26-37(27-31-41)36-16-6-5-7-17-36;1-4-5-6(2)3;1-2/h4-14,16-35H,2-3,15H2,1H3;4-5H,2H2,1,3H3;1-2H3/b;5-4-;. The second-order valence-corrected chi connectivity index (χ2v) is 15.8. The van der Waals surface area contributed by atoms with Gasteiger partial charge in [0.1, 0.15) is 0 Å². The van der Waals surface area contributed by atoms with Gasteiger partial charge in [-0.2, -0.15) is 0 Å². The number of nitrogens with zero attached hydrogens (tertiary/aromatic N) is 2. The Morgan fingerprint density at radius 1 is 0.508 bits per heavy atom. The maximum Gasteiger partial charge on any atom is 0.0547 e. The van der Waals surface area contributed by atoms with Crippen molar-refractivity contribution in [1.82, 2.24) is 9.13 Å². The Bertz CT molecular complexity index is 3240. The lowest BCUT2D eigenvalue weighted by Gasteiger charge is -2.17. The van der Waals surface area contributed by atoms with Crippen LogP contribution in [0.1, 0.15) is 52.2 Å². The highest BCUT2D eigenvalue weighted by Gasteiger charge is 2.19. The average molecular weight is 817 g/mol. The maximum absolute atomic E-state index is 4.25. The van der Waals surface area contributed by atoms with E-state index >= 15 is 0 Å². The lowest BCUT2D eigenvalue weighted by molar-refractivity contribution is 0.920. The third kappa shape index (κ3) is 8.21. The van der Waals surface area contributed by atoms with E-state index in [0.717, 1.165) is 24.1 Å². The maximum atomic E-state index is 4.25. The average Bonchev–Trinajstić information content (AvgIpc) is 3.85. The highest BCUT2D eigenvalue weighted by molar-refractivity contribution is 6.13. The Morgan fingerprint density at radius 3 is 1.75 bits per heavy atom. The quantitative estimate of drug-likeness (QED) is 0.128. The summed E-state index contributed by atoms with van der Waals surface area (Å²) in [5, 5.41) is 4.99. The predicted molar refractivity (Wildman–Crippen MR) is 276 cm³/mol. The minimum Gasteiger partial charge on any atom is -0.309 e. The van der Waals surface area contributed by atoms with Gasteiger partial charge in [-0.05, 0) is 108 Å². The summed E-state index contributed by atoms with van der Waals surface area (Å²) in [6.45, 7) is 18.1. The Balaban J connectivity index is 0.000000630. The van der Waals surface area contributed by atoms with Crippen LogP contribution in [0.25, 0.3) is 94.4 Å². The van der Waals surface area contributed by atoms with E-state index in [-0.39, 0.29) is 0 Å². The van der Waals surface area contributed by atoms with Gasteiger partial charge in [-0.25, -0.2) is 0 Å². The van der Waals surface area contributed by atoms with Crippen molar-refractivity contribution in [3.63, 3.8) is 0 Å². The summed E-state index contributed by atoms with van der Waals surface area (Å²) in [6.07, 6.45) is 8.11. The molecule has 0 saturated heterocycles. The Labute approximate surface area is 373 Å². The summed E-state index contributed by atoms with van der Waals surface area (Å²) in [6, 6.07) is 66.6. The third-order valence-electron chi connectivity index (χ3n) is 11.7. The molecule has 0 atom stereocenters. The summed E-state index contributed by atoms with van der Waals surface area (Å²) in [5.41, 5.74) is 18.0. The first-order valence-electron chi connectivity index (χ1n) is 22.3. The molecule has 0 saturated carbocycles. The van der Waals surface area contributed by atoms with Crippen LogP contribution in [0.4, 0.5) is 0 Å². The normalized spacial score (nSPS) is 11.1. The third-order valence-corrected chi connectivity index (χ3v) is 11.7. The molecule has 8 aromatic carbocycles. The first-order chi connectivity index (χ1) is 31.0. The second kappa shape index (κ2) is 19.1. The van der Waals surface area contributed by atoms with Crippen LogP contribution < -0.4 is 0 Å². The van der Waals surface area contributed by atoms with E-state index in [1.807, 2.05) is 45.9 Å². The minimum absolute atomic E-state index is 1.03. The van der Waals surface area contributed by atoms with Crippen molar-refractivity contribution in [3.05, 3.63) is 224 Å². The van der Waals surface area contributed by atoms with Crippen molar-refractivity contribution >= 4 is 49.7 Å². The lowest BCUT2D eigenvalue weighted by Crippen LogP contribution is -1.99. The van der Waals surface area contributed by atoms with Crippen molar-refractivity contribution in [1.29, 1.82) is 0 Å². The molecule has 10 aromatic rings. The van der Waals surface area contributed by atoms with Gasteiger partial charge in [0, 0.05) is 32.8 Å². The number of hydrogen-bond donors (Lipinski definition) is 0. The fourth-order valence-electron chi connectivity index (χ4n) is 9.03. The van der Waals surface area contributed by atoms with Crippen LogP contribution >= 0.6 is 0 Å². The lowest BCUT2D eigenvalue weighted by atomic mass is 9.92. The first-order valence-corrected chi connectivity index (χ1v) is 22.3. The molecule has 2 heterocycles. The van der Waals surface area contributed by atoms with E-state index in [2.05, 4.69) is 211 Å². The smallest absolute Gasteiger partial charge is 0.0547 e. The second-order valence-electron chi connectivity index (χ2n) is 15.8. The molecule has 2 nitrogen and oxygen atoms in total. The van der Waals surface area contributed by atoms with E-state index < -0.39 is 0 Å². The zero-order chi connectivity index (χ0) is 43.9. The van der Waals surface area contributed by atoms with Crippen LogP contribution in [-0.4, -0.2) is 9.13 Å². The van der Waals surface area contributed by atoms with Gasteiger partial charge in [-0.3, -0.25) is 0 Å². The van der Waals surface area contributed by atoms with Gasteiger partial charge in [0.15, 0.2) is 0 Å². The molecule has 0 spiro atoms. The molecule has 2 aromatic heterocycles. The molecule has 310 valence electrons. The largest absolute Gasteiger partial charge is 0.309 e. The molecule has 0 N–H and O–H groups in total. The van der Waals surface area contributed by atoms with Gasteiger partial charge in [-0.1, -0.05) is 198 Å². The van der Waals surface area contributed by atoms with Gasteiger partial charge in [-0.15, -0.1) is 0 Å². The summed E-state index contributed by atoms with van der Waals surface area (Å²) in [4.78, 5) is 0. The zero-order valence-electron chi connectivity index (χ0n) is 37.3. The molecule has 0 fully saturated rings. The van der Waals surface area contributed by atoms with E-state index in [1.165, 1.54) is 93.8 Å².